The molecule has 4 nitrogen and oxygen atoms in total. The van der Waals surface area contributed by atoms with E-state index in [4.69, 9.17) is 0 Å². The number of nitrogens with zero attached hydrogens (tertiary/aromatic N) is 1. The molecule has 6 heteroatoms. The number of amides is 1. The number of benzene rings is 1. The van der Waals surface area contributed by atoms with Gasteiger partial charge in [-0.05, 0) is 24.5 Å². The molecule has 0 aromatic heterocycles. The lowest BCUT2D eigenvalue weighted by Gasteiger charge is -2.34. The van der Waals surface area contributed by atoms with Crippen molar-refractivity contribution >= 4 is 11.6 Å². The maximum atomic E-state index is 13.7. The van der Waals surface area contributed by atoms with Gasteiger partial charge in [0.15, 0.2) is 0 Å². The topological polar surface area (TPSA) is 52.6 Å². The number of nitrogens with one attached hydrogen (secondary N) is 1. The molecule has 1 aliphatic rings. The molecular formula is C14H18F2N2O2. The minimum Gasteiger partial charge on any atom is -0.393 e. The minimum atomic E-state index is -0.791. The van der Waals surface area contributed by atoms with Gasteiger partial charge < -0.3 is 15.3 Å². The van der Waals surface area contributed by atoms with E-state index in [0.717, 1.165) is 12.1 Å². The van der Waals surface area contributed by atoms with Crippen LogP contribution in [0.3, 0.4) is 0 Å². The standard InChI is InChI=1S/C14H18F2N2O2/c1-8-7-18(4-3-12(8)19)14(20)9-5-10(15)13(17-2)11(16)6-9/h5-6,8,12,17,19H,3-4,7H2,1-2H3. The number of anilines is 1. The van der Waals surface area contributed by atoms with Crippen LogP contribution in [0.25, 0.3) is 0 Å². The van der Waals surface area contributed by atoms with Gasteiger partial charge in [-0.15, -0.1) is 0 Å². The first-order valence-corrected chi connectivity index (χ1v) is 6.58. The molecule has 2 atom stereocenters. The first-order valence-electron chi connectivity index (χ1n) is 6.58. The highest BCUT2D eigenvalue weighted by atomic mass is 19.1. The molecule has 1 heterocycles. The van der Waals surface area contributed by atoms with Crippen LogP contribution in [0.5, 0.6) is 0 Å². The van der Waals surface area contributed by atoms with Crippen LogP contribution in [0.15, 0.2) is 12.1 Å². The second kappa shape index (κ2) is 5.75. The van der Waals surface area contributed by atoms with Crippen LogP contribution in [-0.4, -0.2) is 42.2 Å². The van der Waals surface area contributed by atoms with Gasteiger partial charge in [-0.3, -0.25) is 4.79 Å². The molecule has 0 radical (unpaired) electrons. The van der Waals surface area contributed by atoms with Crippen molar-refractivity contribution in [2.45, 2.75) is 19.4 Å². The Morgan fingerprint density at radius 1 is 1.40 bits per heavy atom. The molecule has 20 heavy (non-hydrogen) atoms. The molecule has 2 N–H and O–H groups in total. The van der Waals surface area contributed by atoms with Gasteiger partial charge in [0.05, 0.1) is 6.10 Å². The molecule has 1 amide bonds. The fourth-order valence-electron chi connectivity index (χ4n) is 2.44. The van der Waals surface area contributed by atoms with Gasteiger partial charge in [0.2, 0.25) is 0 Å². The molecular weight excluding hydrogens is 266 g/mol. The fraction of sp³-hybridized carbons (Fsp3) is 0.500. The second-order valence-corrected chi connectivity index (χ2v) is 5.15. The summed E-state index contributed by atoms with van der Waals surface area (Å²) in [4.78, 5) is 13.8. The summed E-state index contributed by atoms with van der Waals surface area (Å²) in [7, 11) is 1.41. The smallest absolute Gasteiger partial charge is 0.254 e. The Kier molecular flexibility index (Phi) is 4.23. The molecule has 1 saturated heterocycles. The molecule has 0 aliphatic carbocycles. The Hall–Kier alpha value is -1.69. The number of hydrogen-bond donors (Lipinski definition) is 2. The van der Waals surface area contributed by atoms with Crippen LogP contribution in [-0.2, 0) is 0 Å². The molecule has 1 aromatic rings. The van der Waals surface area contributed by atoms with Crippen LogP contribution in [0.4, 0.5) is 14.5 Å². The summed E-state index contributed by atoms with van der Waals surface area (Å²) in [6, 6.07) is 2.07. The lowest BCUT2D eigenvalue weighted by Crippen LogP contribution is -2.45. The average molecular weight is 284 g/mol. The van der Waals surface area contributed by atoms with Crippen molar-refractivity contribution in [2.24, 2.45) is 5.92 Å². The van der Waals surface area contributed by atoms with Crippen molar-refractivity contribution in [1.82, 2.24) is 4.90 Å². The Morgan fingerprint density at radius 3 is 2.50 bits per heavy atom. The maximum Gasteiger partial charge on any atom is 0.254 e. The lowest BCUT2D eigenvalue weighted by atomic mass is 9.96. The monoisotopic (exact) mass is 284 g/mol. The Morgan fingerprint density at radius 2 is 2.00 bits per heavy atom. The van der Waals surface area contributed by atoms with Crippen molar-refractivity contribution in [3.8, 4) is 0 Å². The molecule has 1 aromatic carbocycles. The van der Waals surface area contributed by atoms with Crippen molar-refractivity contribution in [3.05, 3.63) is 29.3 Å². The van der Waals surface area contributed by atoms with Crippen LogP contribution in [0.1, 0.15) is 23.7 Å². The number of carbonyl (C=O) groups excluding carboxylic acids is 1. The fourth-order valence-corrected chi connectivity index (χ4v) is 2.44. The molecule has 0 bridgehead atoms. The highest BCUT2D eigenvalue weighted by Crippen LogP contribution is 2.23. The quantitative estimate of drug-likeness (QED) is 0.871. The summed E-state index contributed by atoms with van der Waals surface area (Å²) >= 11 is 0. The van der Waals surface area contributed by atoms with E-state index in [1.165, 1.54) is 11.9 Å². The van der Waals surface area contributed by atoms with Crippen LogP contribution in [0, 0.1) is 17.6 Å². The lowest BCUT2D eigenvalue weighted by molar-refractivity contribution is 0.0297. The van der Waals surface area contributed by atoms with Gasteiger partial charge in [-0.1, -0.05) is 6.92 Å². The van der Waals surface area contributed by atoms with Crippen LogP contribution < -0.4 is 5.32 Å². The zero-order chi connectivity index (χ0) is 14.9. The van der Waals surface area contributed by atoms with E-state index in [-0.39, 0.29) is 17.2 Å². The first kappa shape index (κ1) is 14.7. The number of halogens is 2. The molecule has 0 spiro atoms. The summed E-state index contributed by atoms with van der Waals surface area (Å²) < 4.78 is 27.3. The van der Waals surface area contributed by atoms with E-state index in [1.54, 1.807) is 0 Å². The highest BCUT2D eigenvalue weighted by molar-refractivity contribution is 5.94. The van der Waals surface area contributed by atoms with E-state index >= 15 is 0 Å². The van der Waals surface area contributed by atoms with Crippen molar-refractivity contribution in [3.63, 3.8) is 0 Å². The van der Waals surface area contributed by atoms with E-state index in [1.807, 2.05) is 6.92 Å². The van der Waals surface area contributed by atoms with E-state index in [2.05, 4.69) is 5.32 Å². The first-order chi connectivity index (χ1) is 9.43. The second-order valence-electron chi connectivity index (χ2n) is 5.15. The molecule has 0 saturated carbocycles. The van der Waals surface area contributed by atoms with Crippen LogP contribution in [0.2, 0.25) is 0 Å². The number of aliphatic hydroxyl groups excluding tert-OH is 1. The number of piperidine rings is 1. The van der Waals surface area contributed by atoms with Crippen molar-refractivity contribution in [2.75, 3.05) is 25.5 Å². The molecule has 1 aliphatic heterocycles. The van der Waals surface area contributed by atoms with E-state index in [9.17, 15) is 18.7 Å². The van der Waals surface area contributed by atoms with Gasteiger partial charge in [0, 0.05) is 25.7 Å². The summed E-state index contributed by atoms with van der Waals surface area (Å²) in [6.45, 7) is 2.62. The largest absolute Gasteiger partial charge is 0.393 e. The Labute approximate surface area is 116 Å². The summed E-state index contributed by atoms with van der Waals surface area (Å²) in [5.74, 6) is -2.04. The number of rotatable bonds is 2. The average Bonchev–Trinajstić information content (AvgIpc) is 2.40. The number of hydrogen-bond acceptors (Lipinski definition) is 3. The molecule has 110 valence electrons. The number of aliphatic hydroxyl groups is 1. The molecule has 2 rings (SSSR count). The van der Waals surface area contributed by atoms with Crippen molar-refractivity contribution in [1.29, 1.82) is 0 Å². The van der Waals surface area contributed by atoms with Gasteiger partial charge >= 0.3 is 0 Å². The van der Waals surface area contributed by atoms with Gasteiger partial charge in [0.1, 0.15) is 17.3 Å². The Balaban J connectivity index is 2.21. The maximum absolute atomic E-state index is 13.7. The van der Waals surface area contributed by atoms with Gasteiger partial charge in [-0.25, -0.2) is 8.78 Å². The third-order valence-corrected chi connectivity index (χ3v) is 3.69. The molecule has 2 unspecified atom stereocenters. The number of likely N-dealkylation sites (tertiary alicyclic amines) is 1. The van der Waals surface area contributed by atoms with Gasteiger partial charge in [0.25, 0.3) is 5.91 Å². The molecule has 1 fully saturated rings. The minimum absolute atomic E-state index is 0.0115. The third-order valence-electron chi connectivity index (χ3n) is 3.69. The summed E-state index contributed by atoms with van der Waals surface area (Å²) in [6.07, 6.45) is 0.0473. The van der Waals surface area contributed by atoms with Crippen LogP contribution >= 0.6 is 0 Å². The summed E-state index contributed by atoms with van der Waals surface area (Å²) in [5, 5.41) is 12.1. The zero-order valence-corrected chi connectivity index (χ0v) is 11.5. The normalized spacial score (nSPS) is 22.8. The van der Waals surface area contributed by atoms with Crippen molar-refractivity contribution < 1.29 is 18.7 Å². The summed E-state index contributed by atoms with van der Waals surface area (Å²) in [5.41, 5.74) is -0.258. The predicted molar refractivity (Wildman–Crippen MR) is 71.6 cm³/mol. The highest BCUT2D eigenvalue weighted by Gasteiger charge is 2.28. The van der Waals surface area contributed by atoms with E-state index < -0.39 is 23.6 Å². The van der Waals surface area contributed by atoms with E-state index in [0.29, 0.717) is 19.5 Å². The Bertz CT molecular complexity index is 499. The SMILES string of the molecule is CNc1c(F)cc(C(=O)N2CCC(O)C(C)C2)cc1F. The predicted octanol–water partition coefficient (Wildman–Crippen LogP) is 1.85. The zero-order valence-electron chi connectivity index (χ0n) is 11.5. The van der Waals surface area contributed by atoms with Gasteiger partial charge in [-0.2, -0.15) is 0 Å². The number of carbonyl (C=O) groups is 1. The third kappa shape index (κ3) is 2.75.